The minimum atomic E-state index is -0.885. The molecule has 0 aliphatic heterocycles. The van der Waals surface area contributed by atoms with E-state index < -0.39 is 11.7 Å². The van der Waals surface area contributed by atoms with Gasteiger partial charge < -0.3 is 10.2 Å². The van der Waals surface area contributed by atoms with Crippen LogP contribution in [0.3, 0.4) is 0 Å². The quantitative estimate of drug-likeness (QED) is 0.746. The Kier molecular flexibility index (Phi) is 4.06. The minimum absolute atomic E-state index is 0.723. The summed E-state index contributed by atoms with van der Waals surface area (Å²) in [5, 5.41) is 20.2. The molecule has 2 nitrogen and oxygen atoms in total. The zero-order valence-electron chi connectivity index (χ0n) is 10.8. The van der Waals surface area contributed by atoms with Crippen LogP contribution < -0.4 is 0 Å². The molecule has 2 heteroatoms. The van der Waals surface area contributed by atoms with Crippen molar-refractivity contribution in [1.82, 2.24) is 0 Å². The average molecular weight is 244 g/mol. The largest absolute Gasteiger partial charge is 0.378 e. The first kappa shape index (κ1) is 13.1. The van der Waals surface area contributed by atoms with Gasteiger partial charge in [-0.25, -0.2) is 0 Å². The van der Waals surface area contributed by atoms with Gasteiger partial charge in [0.25, 0.3) is 0 Å². The second-order valence-electron chi connectivity index (χ2n) is 5.17. The Hall–Kier alpha value is -1.30. The van der Waals surface area contributed by atoms with Crippen molar-refractivity contribution in [2.75, 3.05) is 0 Å². The summed E-state index contributed by atoms with van der Waals surface area (Å²) in [5.41, 5.74) is 1.06. The van der Waals surface area contributed by atoms with Gasteiger partial charge in [-0.2, -0.15) is 0 Å². The molecular weight excluding hydrogens is 224 g/mol. The van der Waals surface area contributed by atoms with E-state index in [2.05, 4.69) is 11.8 Å². The summed E-state index contributed by atoms with van der Waals surface area (Å²) in [4.78, 5) is 0. The van der Waals surface area contributed by atoms with E-state index in [0.717, 1.165) is 36.8 Å². The molecule has 0 radical (unpaired) electrons. The highest BCUT2D eigenvalue weighted by Crippen LogP contribution is 2.27. The summed E-state index contributed by atoms with van der Waals surface area (Å²) in [6.07, 6.45) is 3.85. The molecule has 18 heavy (non-hydrogen) atoms. The Morgan fingerprint density at radius 3 is 2.33 bits per heavy atom. The van der Waals surface area contributed by atoms with E-state index in [0.29, 0.717) is 0 Å². The molecule has 0 aromatic heterocycles. The Balaban J connectivity index is 2.07. The first-order valence-corrected chi connectivity index (χ1v) is 6.59. The van der Waals surface area contributed by atoms with Crippen molar-refractivity contribution in [1.29, 1.82) is 0 Å². The van der Waals surface area contributed by atoms with Gasteiger partial charge in [0.2, 0.25) is 0 Å². The maximum atomic E-state index is 10.2. The third-order valence-electron chi connectivity index (χ3n) is 3.52. The smallest absolute Gasteiger partial charge is 0.140 e. The number of benzene rings is 1. The van der Waals surface area contributed by atoms with Crippen molar-refractivity contribution < 1.29 is 10.2 Å². The van der Waals surface area contributed by atoms with Crippen molar-refractivity contribution in [3.63, 3.8) is 0 Å². The second kappa shape index (κ2) is 5.56. The highest BCUT2D eigenvalue weighted by molar-refractivity contribution is 5.29. The van der Waals surface area contributed by atoms with Gasteiger partial charge in [0.15, 0.2) is 0 Å². The van der Waals surface area contributed by atoms with Crippen molar-refractivity contribution in [2.45, 2.75) is 50.7 Å². The summed E-state index contributed by atoms with van der Waals surface area (Å²) < 4.78 is 0. The fraction of sp³-hybridized carbons (Fsp3) is 0.500. The molecule has 0 amide bonds. The lowest BCUT2D eigenvalue weighted by molar-refractivity contribution is 0.0604. The van der Waals surface area contributed by atoms with Crippen LogP contribution in [0.2, 0.25) is 0 Å². The number of aryl methyl sites for hydroxylation is 1. The fourth-order valence-electron chi connectivity index (χ4n) is 2.30. The van der Waals surface area contributed by atoms with Gasteiger partial charge in [0, 0.05) is 0 Å². The molecule has 0 heterocycles. The average Bonchev–Trinajstić information content (AvgIpc) is 2.38. The number of rotatable bonds is 1. The third-order valence-corrected chi connectivity index (χ3v) is 3.52. The fourth-order valence-corrected chi connectivity index (χ4v) is 2.30. The normalized spacial score (nSPS) is 19.7. The van der Waals surface area contributed by atoms with Crippen molar-refractivity contribution in [3.05, 3.63) is 35.4 Å². The zero-order valence-corrected chi connectivity index (χ0v) is 10.8. The third kappa shape index (κ3) is 3.35. The molecule has 2 N–H and O–H groups in total. The lowest BCUT2D eigenvalue weighted by Crippen LogP contribution is -2.29. The maximum Gasteiger partial charge on any atom is 0.140 e. The first-order chi connectivity index (χ1) is 8.59. The van der Waals surface area contributed by atoms with E-state index in [1.807, 2.05) is 31.2 Å². The SMILES string of the molecule is Cc1ccc(C(O)C#CC2(O)CCCCC2)cc1. The van der Waals surface area contributed by atoms with Gasteiger partial charge in [0.05, 0.1) is 0 Å². The zero-order chi connectivity index (χ0) is 13.0. The second-order valence-corrected chi connectivity index (χ2v) is 5.17. The van der Waals surface area contributed by atoms with Gasteiger partial charge in [-0.15, -0.1) is 0 Å². The molecule has 1 atom stereocenters. The summed E-state index contributed by atoms with van der Waals surface area (Å²) in [5.74, 6) is 5.65. The molecule has 96 valence electrons. The van der Waals surface area contributed by atoms with Gasteiger partial charge >= 0.3 is 0 Å². The van der Waals surface area contributed by atoms with Crippen LogP contribution in [0.15, 0.2) is 24.3 Å². The molecule has 0 bridgehead atoms. The van der Waals surface area contributed by atoms with Gasteiger partial charge in [0.1, 0.15) is 11.7 Å². The molecular formula is C16H20O2. The van der Waals surface area contributed by atoms with E-state index >= 15 is 0 Å². The van der Waals surface area contributed by atoms with E-state index in [1.165, 1.54) is 6.42 Å². The van der Waals surface area contributed by atoms with Crippen LogP contribution in [0.25, 0.3) is 0 Å². The molecule has 1 saturated carbocycles. The van der Waals surface area contributed by atoms with Crippen LogP contribution in [-0.2, 0) is 0 Å². The van der Waals surface area contributed by atoms with E-state index in [-0.39, 0.29) is 0 Å². The molecule has 0 saturated heterocycles. The minimum Gasteiger partial charge on any atom is -0.378 e. The Morgan fingerprint density at radius 2 is 1.72 bits per heavy atom. The molecule has 1 fully saturated rings. The van der Waals surface area contributed by atoms with Gasteiger partial charge in [-0.1, -0.05) is 48.1 Å². The standard InChI is InChI=1S/C16H20O2/c1-13-5-7-14(8-6-13)15(17)9-12-16(18)10-3-2-4-11-16/h5-8,15,17-18H,2-4,10-11H2,1H3. The molecule has 2 rings (SSSR count). The number of hydrogen-bond donors (Lipinski definition) is 2. The molecule has 1 aliphatic rings. The number of aliphatic hydroxyl groups excluding tert-OH is 1. The maximum absolute atomic E-state index is 10.2. The van der Waals surface area contributed by atoms with Crippen LogP contribution in [-0.4, -0.2) is 15.8 Å². The highest BCUT2D eigenvalue weighted by atomic mass is 16.3. The van der Waals surface area contributed by atoms with E-state index in [1.54, 1.807) is 0 Å². The summed E-state index contributed by atoms with van der Waals surface area (Å²) in [6.45, 7) is 2.01. The molecule has 0 spiro atoms. The number of aliphatic hydroxyl groups is 2. The number of hydrogen-bond acceptors (Lipinski definition) is 2. The lowest BCUT2D eigenvalue weighted by Gasteiger charge is -2.26. The Morgan fingerprint density at radius 1 is 1.11 bits per heavy atom. The van der Waals surface area contributed by atoms with Crippen LogP contribution in [0, 0.1) is 18.8 Å². The Labute approximate surface area is 109 Å². The summed E-state index contributed by atoms with van der Waals surface area (Å²) >= 11 is 0. The monoisotopic (exact) mass is 244 g/mol. The lowest BCUT2D eigenvalue weighted by atomic mass is 9.85. The highest BCUT2D eigenvalue weighted by Gasteiger charge is 2.26. The molecule has 1 aliphatic carbocycles. The Bertz CT molecular complexity index is 444. The van der Waals surface area contributed by atoms with E-state index in [4.69, 9.17) is 0 Å². The molecule has 1 aromatic carbocycles. The van der Waals surface area contributed by atoms with Crippen LogP contribution in [0.1, 0.15) is 49.3 Å². The summed E-state index contributed by atoms with van der Waals surface area (Å²) in [6, 6.07) is 7.66. The van der Waals surface area contributed by atoms with Crippen molar-refractivity contribution in [2.24, 2.45) is 0 Å². The topological polar surface area (TPSA) is 40.5 Å². The predicted molar refractivity (Wildman–Crippen MR) is 71.9 cm³/mol. The van der Waals surface area contributed by atoms with Crippen molar-refractivity contribution in [3.8, 4) is 11.8 Å². The van der Waals surface area contributed by atoms with Gasteiger partial charge in [-0.3, -0.25) is 0 Å². The van der Waals surface area contributed by atoms with Crippen molar-refractivity contribution >= 4 is 0 Å². The first-order valence-electron chi connectivity index (χ1n) is 6.59. The van der Waals surface area contributed by atoms with Gasteiger partial charge in [-0.05, 0) is 38.2 Å². The van der Waals surface area contributed by atoms with Crippen LogP contribution in [0.5, 0.6) is 0 Å². The molecule has 1 unspecified atom stereocenters. The van der Waals surface area contributed by atoms with E-state index in [9.17, 15) is 10.2 Å². The molecule has 1 aromatic rings. The predicted octanol–water partition coefficient (Wildman–Crippen LogP) is 2.73. The van der Waals surface area contributed by atoms with Crippen LogP contribution >= 0.6 is 0 Å². The van der Waals surface area contributed by atoms with Crippen LogP contribution in [0.4, 0.5) is 0 Å². The summed E-state index contributed by atoms with van der Waals surface area (Å²) in [7, 11) is 0.